The minimum atomic E-state index is -1.64. The number of carbonyl (C=O) groups excluding carboxylic acids is 1. The summed E-state index contributed by atoms with van der Waals surface area (Å²) >= 11 is 0. The maximum atomic E-state index is 13.7. The Hall–Kier alpha value is -3.42. The smallest absolute Gasteiger partial charge is 0.274 e. The molecule has 0 saturated heterocycles. The molecule has 1 N–H and O–H groups in total. The molecule has 0 aliphatic rings. The van der Waals surface area contributed by atoms with Crippen molar-refractivity contribution in [2.45, 2.75) is 6.42 Å². The molecule has 2 aromatic heterocycles. The van der Waals surface area contributed by atoms with Crippen molar-refractivity contribution in [3.63, 3.8) is 0 Å². The Morgan fingerprint density at radius 2 is 1.79 bits per heavy atom. The van der Waals surface area contributed by atoms with Crippen molar-refractivity contribution in [2.75, 3.05) is 23.8 Å². The molecule has 8 heteroatoms. The van der Waals surface area contributed by atoms with Crippen molar-refractivity contribution < 1.29 is 18.0 Å². The minimum absolute atomic E-state index is 0.0235. The molecule has 0 spiro atoms. The summed E-state index contributed by atoms with van der Waals surface area (Å²) in [6.07, 6.45) is 5.81. The van der Waals surface area contributed by atoms with Crippen LogP contribution in [-0.2, 0) is 6.42 Å². The van der Waals surface area contributed by atoms with Crippen LogP contribution in [0.25, 0.3) is 0 Å². The van der Waals surface area contributed by atoms with E-state index < -0.39 is 29.0 Å². The third-order valence-electron chi connectivity index (χ3n) is 4.19. The lowest BCUT2D eigenvalue weighted by atomic mass is 10.2. The molecule has 144 valence electrons. The summed E-state index contributed by atoms with van der Waals surface area (Å²) in [5, 5.41) is 2.19. The third kappa shape index (κ3) is 4.46. The molecule has 28 heavy (non-hydrogen) atoms. The summed E-state index contributed by atoms with van der Waals surface area (Å²) in [4.78, 5) is 22.2. The number of anilines is 2. The van der Waals surface area contributed by atoms with E-state index in [1.54, 1.807) is 18.5 Å². The van der Waals surface area contributed by atoms with E-state index in [9.17, 15) is 18.0 Å². The number of halogens is 3. The summed E-state index contributed by atoms with van der Waals surface area (Å²) in [6.45, 7) is 0.733. The molecule has 5 nitrogen and oxygen atoms in total. The second-order valence-electron chi connectivity index (χ2n) is 6.11. The van der Waals surface area contributed by atoms with E-state index in [0.717, 1.165) is 36.3 Å². The van der Waals surface area contributed by atoms with Crippen LogP contribution in [-0.4, -0.2) is 29.5 Å². The van der Waals surface area contributed by atoms with Gasteiger partial charge in [0.2, 0.25) is 0 Å². The molecule has 1 aromatic carbocycles. The van der Waals surface area contributed by atoms with Gasteiger partial charge in [0.1, 0.15) is 5.69 Å². The van der Waals surface area contributed by atoms with Gasteiger partial charge in [-0.05, 0) is 48.4 Å². The largest absolute Gasteiger partial charge is 0.373 e. The van der Waals surface area contributed by atoms with Gasteiger partial charge in [-0.2, -0.15) is 0 Å². The number of rotatable bonds is 6. The van der Waals surface area contributed by atoms with Gasteiger partial charge < -0.3 is 10.2 Å². The first kappa shape index (κ1) is 19.3. The van der Waals surface area contributed by atoms with Gasteiger partial charge in [0.05, 0.1) is 17.6 Å². The number of nitrogens with zero attached hydrogens (tertiary/aromatic N) is 3. The molecule has 0 radical (unpaired) electrons. The Kier molecular flexibility index (Phi) is 5.88. The molecular formula is C20H17F3N4O. The standard InChI is InChI=1S/C20H17F3N4O/c1-27(11-8-13-6-9-24-10-7-13)14-2-4-17(25-12-14)20(28)26-16-5-3-15(21)18(22)19(16)23/h2-7,9-10,12H,8,11H2,1H3,(H,26,28). The first-order chi connectivity index (χ1) is 13.5. The van der Waals surface area contributed by atoms with Crippen molar-refractivity contribution in [1.29, 1.82) is 0 Å². The zero-order valence-electron chi connectivity index (χ0n) is 15.0. The van der Waals surface area contributed by atoms with Crippen molar-refractivity contribution in [2.24, 2.45) is 0 Å². The molecule has 0 fully saturated rings. The number of likely N-dealkylation sites (N-methyl/N-ethyl adjacent to an activating group) is 1. The van der Waals surface area contributed by atoms with Gasteiger partial charge in [-0.1, -0.05) is 0 Å². The molecule has 1 amide bonds. The highest BCUT2D eigenvalue weighted by atomic mass is 19.2. The van der Waals surface area contributed by atoms with Crippen LogP contribution in [0.1, 0.15) is 16.1 Å². The summed E-state index contributed by atoms with van der Waals surface area (Å²) in [6, 6.07) is 8.75. The van der Waals surface area contributed by atoms with Gasteiger partial charge in [-0.3, -0.25) is 9.78 Å². The van der Waals surface area contributed by atoms with Crippen LogP contribution in [0.5, 0.6) is 0 Å². The minimum Gasteiger partial charge on any atom is -0.373 e. The summed E-state index contributed by atoms with van der Waals surface area (Å²) in [5.74, 6) is -5.15. The highest BCUT2D eigenvalue weighted by Gasteiger charge is 2.16. The third-order valence-corrected chi connectivity index (χ3v) is 4.19. The van der Waals surface area contributed by atoms with Gasteiger partial charge >= 0.3 is 0 Å². The lowest BCUT2D eigenvalue weighted by Crippen LogP contribution is -2.21. The monoisotopic (exact) mass is 386 g/mol. The number of carbonyl (C=O) groups is 1. The normalized spacial score (nSPS) is 10.6. The number of nitrogens with one attached hydrogen (secondary N) is 1. The van der Waals surface area contributed by atoms with Crippen LogP contribution >= 0.6 is 0 Å². The topological polar surface area (TPSA) is 58.1 Å². The van der Waals surface area contributed by atoms with Gasteiger partial charge in [0.15, 0.2) is 17.5 Å². The Bertz CT molecular complexity index is 965. The van der Waals surface area contributed by atoms with Crippen LogP contribution < -0.4 is 10.2 Å². The number of hydrogen-bond acceptors (Lipinski definition) is 4. The molecule has 0 bridgehead atoms. The van der Waals surface area contributed by atoms with E-state index in [1.807, 2.05) is 24.1 Å². The van der Waals surface area contributed by atoms with Crippen molar-refractivity contribution in [1.82, 2.24) is 9.97 Å². The van der Waals surface area contributed by atoms with Crippen molar-refractivity contribution in [3.05, 3.63) is 83.7 Å². The summed E-state index contributed by atoms with van der Waals surface area (Å²) < 4.78 is 39.9. The predicted octanol–water partition coefficient (Wildman–Crippen LogP) is 3.83. The number of benzene rings is 1. The fourth-order valence-electron chi connectivity index (χ4n) is 2.53. The number of pyridine rings is 2. The van der Waals surface area contributed by atoms with E-state index in [0.29, 0.717) is 0 Å². The molecule has 0 unspecified atom stereocenters. The Labute approximate surface area is 159 Å². The Morgan fingerprint density at radius 3 is 2.46 bits per heavy atom. The van der Waals surface area contributed by atoms with Crippen molar-refractivity contribution in [3.8, 4) is 0 Å². The number of aromatic nitrogens is 2. The Balaban J connectivity index is 1.63. The van der Waals surface area contributed by atoms with E-state index in [4.69, 9.17) is 0 Å². The van der Waals surface area contributed by atoms with Gasteiger partial charge in [-0.15, -0.1) is 0 Å². The second kappa shape index (κ2) is 8.51. The average molecular weight is 386 g/mol. The molecule has 0 aliphatic carbocycles. The maximum absolute atomic E-state index is 13.7. The fraction of sp³-hybridized carbons (Fsp3) is 0.150. The fourth-order valence-corrected chi connectivity index (χ4v) is 2.53. The van der Waals surface area contributed by atoms with E-state index in [-0.39, 0.29) is 5.69 Å². The van der Waals surface area contributed by atoms with Crippen LogP contribution in [0.2, 0.25) is 0 Å². The quantitative estimate of drug-likeness (QED) is 0.655. The molecular weight excluding hydrogens is 369 g/mol. The predicted molar refractivity (Wildman–Crippen MR) is 99.7 cm³/mol. The lowest BCUT2D eigenvalue weighted by molar-refractivity contribution is 0.102. The van der Waals surface area contributed by atoms with Gasteiger partial charge in [0.25, 0.3) is 5.91 Å². The first-order valence-corrected chi connectivity index (χ1v) is 8.46. The SMILES string of the molecule is CN(CCc1ccncc1)c1ccc(C(=O)Nc2ccc(F)c(F)c2F)nc1. The van der Waals surface area contributed by atoms with Crippen LogP contribution in [0.15, 0.2) is 55.0 Å². The molecule has 0 saturated carbocycles. The lowest BCUT2D eigenvalue weighted by Gasteiger charge is -2.19. The first-order valence-electron chi connectivity index (χ1n) is 8.46. The number of amides is 1. The molecule has 3 rings (SSSR count). The van der Waals surface area contributed by atoms with Crippen LogP contribution in [0, 0.1) is 17.5 Å². The molecule has 2 heterocycles. The van der Waals surface area contributed by atoms with Gasteiger partial charge in [-0.25, -0.2) is 18.2 Å². The van der Waals surface area contributed by atoms with Crippen LogP contribution in [0.4, 0.5) is 24.5 Å². The molecule has 0 aliphatic heterocycles. The van der Waals surface area contributed by atoms with Gasteiger partial charge in [0, 0.05) is 26.0 Å². The zero-order chi connectivity index (χ0) is 20.1. The van der Waals surface area contributed by atoms with E-state index in [1.165, 1.54) is 12.3 Å². The highest BCUT2D eigenvalue weighted by Crippen LogP contribution is 2.20. The average Bonchev–Trinajstić information content (AvgIpc) is 2.73. The van der Waals surface area contributed by atoms with E-state index >= 15 is 0 Å². The number of hydrogen-bond donors (Lipinski definition) is 1. The summed E-state index contributed by atoms with van der Waals surface area (Å²) in [7, 11) is 1.90. The zero-order valence-corrected chi connectivity index (χ0v) is 15.0. The molecule has 0 atom stereocenters. The summed E-state index contributed by atoms with van der Waals surface area (Å²) in [5.41, 5.74) is 1.52. The van der Waals surface area contributed by atoms with Crippen LogP contribution in [0.3, 0.4) is 0 Å². The molecule has 3 aromatic rings. The Morgan fingerprint density at radius 1 is 1.04 bits per heavy atom. The van der Waals surface area contributed by atoms with E-state index in [2.05, 4.69) is 15.3 Å². The van der Waals surface area contributed by atoms with Crippen molar-refractivity contribution >= 4 is 17.3 Å². The highest BCUT2D eigenvalue weighted by molar-refractivity contribution is 6.03. The second-order valence-corrected chi connectivity index (χ2v) is 6.11. The maximum Gasteiger partial charge on any atom is 0.274 e.